The predicted octanol–water partition coefficient (Wildman–Crippen LogP) is 0.899. The fourth-order valence-corrected chi connectivity index (χ4v) is 2.07. The van der Waals surface area contributed by atoms with Gasteiger partial charge in [-0.15, -0.1) is 0 Å². The highest BCUT2D eigenvalue weighted by molar-refractivity contribution is 5.94. The van der Waals surface area contributed by atoms with Gasteiger partial charge in [0.1, 0.15) is 6.61 Å². The molecule has 0 fully saturated rings. The van der Waals surface area contributed by atoms with E-state index < -0.39 is 12.0 Å². The minimum Gasteiger partial charge on any atom is -0.460 e. The van der Waals surface area contributed by atoms with Crippen molar-refractivity contribution >= 4 is 12.0 Å². The Morgan fingerprint density at radius 2 is 2.05 bits per heavy atom. The maximum atomic E-state index is 12.2. The minimum absolute atomic E-state index is 0.156. The van der Waals surface area contributed by atoms with Gasteiger partial charge < -0.3 is 20.1 Å². The lowest BCUT2D eigenvalue weighted by Crippen LogP contribution is -2.45. The van der Waals surface area contributed by atoms with E-state index in [4.69, 9.17) is 9.47 Å². The molecule has 21 heavy (non-hydrogen) atoms. The number of ether oxygens (including phenoxy) is 2. The number of hydrogen-bond acceptors (Lipinski definition) is 5. The first kappa shape index (κ1) is 15.0. The number of methoxy groups -OCH3 is 1. The summed E-state index contributed by atoms with van der Waals surface area (Å²) in [6.07, 6.45) is 3.21. The molecule has 0 aliphatic carbocycles. The van der Waals surface area contributed by atoms with Crippen LogP contribution in [0.15, 0.2) is 35.8 Å². The van der Waals surface area contributed by atoms with Crippen molar-refractivity contribution in [1.29, 1.82) is 0 Å². The number of aromatic nitrogens is 1. The van der Waals surface area contributed by atoms with Crippen molar-refractivity contribution in [3.8, 4) is 0 Å². The van der Waals surface area contributed by atoms with Gasteiger partial charge in [-0.3, -0.25) is 4.98 Å². The van der Waals surface area contributed by atoms with Crippen LogP contribution in [-0.4, -0.2) is 37.3 Å². The van der Waals surface area contributed by atoms with Gasteiger partial charge in [-0.25, -0.2) is 9.59 Å². The molecule has 112 valence electrons. The van der Waals surface area contributed by atoms with E-state index in [0.717, 1.165) is 5.56 Å². The molecule has 0 radical (unpaired) electrons. The molecule has 7 nitrogen and oxygen atoms in total. The van der Waals surface area contributed by atoms with Crippen LogP contribution in [-0.2, 0) is 14.3 Å². The lowest BCUT2D eigenvalue weighted by Gasteiger charge is -2.28. The second kappa shape index (κ2) is 6.85. The number of allylic oxidation sites excluding steroid dienone is 1. The van der Waals surface area contributed by atoms with Crippen molar-refractivity contribution < 1.29 is 19.1 Å². The monoisotopic (exact) mass is 291 g/mol. The summed E-state index contributed by atoms with van der Waals surface area (Å²) in [6.45, 7) is 2.14. The van der Waals surface area contributed by atoms with Crippen molar-refractivity contribution in [2.24, 2.45) is 0 Å². The number of pyridine rings is 1. The van der Waals surface area contributed by atoms with Crippen LogP contribution >= 0.6 is 0 Å². The SMILES string of the molecule is COCCOC(=O)C1=C(C)NC(=O)NC1c1ccncc1. The van der Waals surface area contributed by atoms with Crippen LogP contribution in [0.1, 0.15) is 18.5 Å². The Hall–Kier alpha value is -2.41. The molecule has 2 amide bonds. The molecule has 7 heteroatoms. The maximum absolute atomic E-state index is 12.2. The largest absolute Gasteiger partial charge is 0.460 e. The van der Waals surface area contributed by atoms with Gasteiger partial charge in [0.25, 0.3) is 0 Å². The van der Waals surface area contributed by atoms with Crippen molar-refractivity contribution in [1.82, 2.24) is 15.6 Å². The average Bonchev–Trinajstić information content (AvgIpc) is 2.47. The van der Waals surface area contributed by atoms with Gasteiger partial charge in [-0.2, -0.15) is 0 Å². The van der Waals surface area contributed by atoms with Gasteiger partial charge in [0.15, 0.2) is 0 Å². The molecule has 0 bridgehead atoms. The second-order valence-corrected chi connectivity index (χ2v) is 4.48. The number of urea groups is 1. The number of hydrogen-bond donors (Lipinski definition) is 2. The second-order valence-electron chi connectivity index (χ2n) is 4.48. The highest BCUT2D eigenvalue weighted by Crippen LogP contribution is 2.26. The van der Waals surface area contributed by atoms with E-state index in [9.17, 15) is 9.59 Å². The van der Waals surface area contributed by atoms with Crippen molar-refractivity contribution in [3.63, 3.8) is 0 Å². The van der Waals surface area contributed by atoms with Crippen LogP contribution in [0.5, 0.6) is 0 Å². The zero-order valence-corrected chi connectivity index (χ0v) is 11.9. The Balaban J connectivity index is 2.26. The van der Waals surface area contributed by atoms with Crippen molar-refractivity contribution in [2.45, 2.75) is 13.0 Å². The molecule has 2 N–H and O–H groups in total. The third-order valence-corrected chi connectivity index (χ3v) is 3.05. The fourth-order valence-electron chi connectivity index (χ4n) is 2.07. The minimum atomic E-state index is -0.559. The highest BCUT2D eigenvalue weighted by atomic mass is 16.6. The van der Waals surface area contributed by atoms with E-state index in [1.165, 1.54) is 7.11 Å². The molecule has 1 unspecified atom stereocenters. The number of amides is 2. The topological polar surface area (TPSA) is 89.5 Å². The summed E-state index contributed by atoms with van der Waals surface area (Å²) >= 11 is 0. The molecule has 0 saturated heterocycles. The van der Waals surface area contributed by atoms with Crippen LogP contribution in [0.3, 0.4) is 0 Å². The van der Waals surface area contributed by atoms with E-state index in [2.05, 4.69) is 15.6 Å². The first-order chi connectivity index (χ1) is 10.1. The number of nitrogens with one attached hydrogen (secondary N) is 2. The molecule has 1 aliphatic rings. The summed E-state index contributed by atoms with van der Waals surface area (Å²) < 4.78 is 10.00. The standard InChI is InChI=1S/C14H17N3O4/c1-9-11(13(18)21-8-7-20-2)12(17-14(19)16-9)10-3-5-15-6-4-10/h3-6,12H,7-8H2,1-2H3,(H2,16,17,19). The predicted molar refractivity (Wildman–Crippen MR) is 74.2 cm³/mol. The van der Waals surface area contributed by atoms with Gasteiger partial charge >= 0.3 is 12.0 Å². The molecule has 0 saturated carbocycles. The molecule has 1 aliphatic heterocycles. The van der Waals surface area contributed by atoms with Gasteiger partial charge in [-0.05, 0) is 24.6 Å². The van der Waals surface area contributed by atoms with E-state index in [1.54, 1.807) is 31.5 Å². The zero-order valence-electron chi connectivity index (χ0n) is 11.9. The van der Waals surface area contributed by atoms with E-state index in [1.807, 2.05) is 0 Å². The summed E-state index contributed by atoms with van der Waals surface area (Å²) in [5.74, 6) is -0.487. The Kier molecular flexibility index (Phi) is 4.89. The molecule has 1 aromatic heterocycles. The molecule has 2 rings (SSSR count). The smallest absolute Gasteiger partial charge is 0.338 e. The number of esters is 1. The summed E-state index contributed by atoms with van der Waals surface area (Å²) in [5, 5.41) is 5.30. The quantitative estimate of drug-likeness (QED) is 0.621. The third kappa shape index (κ3) is 3.57. The Morgan fingerprint density at radius 3 is 2.71 bits per heavy atom. The summed E-state index contributed by atoms with van der Waals surface area (Å²) in [5.41, 5.74) is 1.61. The average molecular weight is 291 g/mol. The van der Waals surface area contributed by atoms with Gasteiger partial charge in [0.2, 0.25) is 0 Å². The summed E-state index contributed by atoms with van der Waals surface area (Å²) in [6, 6.07) is 2.57. The third-order valence-electron chi connectivity index (χ3n) is 3.05. The Bertz CT molecular complexity index is 557. The van der Waals surface area contributed by atoms with Crippen LogP contribution < -0.4 is 10.6 Å². The number of carbonyl (C=O) groups is 2. The fraction of sp³-hybridized carbons (Fsp3) is 0.357. The van der Waals surface area contributed by atoms with Gasteiger partial charge in [0.05, 0.1) is 18.2 Å². The summed E-state index contributed by atoms with van der Waals surface area (Å²) in [4.78, 5) is 27.8. The molecule has 0 aromatic carbocycles. The maximum Gasteiger partial charge on any atom is 0.338 e. The molecule has 0 spiro atoms. The van der Waals surface area contributed by atoms with Gasteiger partial charge in [0, 0.05) is 25.2 Å². The lowest BCUT2D eigenvalue weighted by atomic mass is 9.96. The summed E-state index contributed by atoms with van der Waals surface area (Å²) in [7, 11) is 1.53. The van der Waals surface area contributed by atoms with Crippen LogP contribution in [0.2, 0.25) is 0 Å². The highest BCUT2D eigenvalue weighted by Gasteiger charge is 2.32. The van der Waals surface area contributed by atoms with Crippen LogP contribution in [0, 0.1) is 0 Å². The Morgan fingerprint density at radius 1 is 1.33 bits per heavy atom. The normalized spacial score (nSPS) is 18.0. The molecular formula is C14H17N3O4. The molecule has 2 heterocycles. The first-order valence-corrected chi connectivity index (χ1v) is 6.47. The lowest BCUT2D eigenvalue weighted by molar-refractivity contribution is -0.140. The van der Waals surface area contributed by atoms with Crippen LogP contribution in [0.25, 0.3) is 0 Å². The van der Waals surface area contributed by atoms with Gasteiger partial charge in [-0.1, -0.05) is 0 Å². The molecular weight excluding hydrogens is 274 g/mol. The molecule has 1 atom stereocenters. The molecule has 1 aromatic rings. The van der Waals surface area contributed by atoms with Crippen LogP contribution in [0.4, 0.5) is 4.79 Å². The van der Waals surface area contributed by atoms with E-state index in [0.29, 0.717) is 17.9 Å². The van der Waals surface area contributed by atoms with Crippen molar-refractivity contribution in [3.05, 3.63) is 41.4 Å². The van der Waals surface area contributed by atoms with E-state index in [-0.39, 0.29) is 12.6 Å². The van der Waals surface area contributed by atoms with Crippen molar-refractivity contribution in [2.75, 3.05) is 20.3 Å². The number of carbonyl (C=O) groups excluding carboxylic acids is 2. The number of nitrogens with zero attached hydrogens (tertiary/aromatic N) is 1. The Labute approximate surface area is 122 Å². The van der Waals surface area contributed by atoms with E-state index >= 15 is 0 Å². The zero-order chi connectivity index (χ0) is 15.2. The first-order valence-electron chi connectivity index (χ1n) is 6.47. The number of rotatable bonds is 5.